The third-order valence-corrected chi connectivity index (χ3v) is 13.9. The van der Waals surface area contributed by atoms with Crippen LogP contribution >= 0.6 is 0 Å². The average molecular weight is 713 g/mol. The minimum Gasteiger partial charge on any atom is -0.371 e. The number of ether oxygens (including phenoxy) is 6. The van der Waals surface area contributed by atoms with E-state index in [0.717, 1.165) is 37.0 Å². The summed E-state index contributed by atoms with van der Waals surface area (Å²) < 4.78 is 37.8. The third-order valence-electron chi connectivity index (χ3n) is 12.3. The van der Waals surface area contributed by atoms with Crippen LogP contribution in [0.4, 0.5) is 0 Å². The molecule has 7 heteroatoms. The van der Waals surface area contributed by atoms with Gasteiger partial charge in [0.05, 0.1) is 26.4 Å². The molecule has 0 N–H and O–H groups in total. The molecule has 0 bridgehead atoms. The lowest BCUT2D eigenvalue weighted by molar-refractivity contribution is -0.449. The monoisotopic (exact) mass is 713 g/mol. The van der Waals surface area contributed by atoms with Crippen molar-refractivity contribution in [3.8, 4) is 0 Å². The maximum atomic E-state index is 7.10. The van der Waals surface area contributed by atoms with Crippen LogP contribution < -0.4 is 0 Å². The van der Waals surface area contributed by atoms with Crippen molar-refractivity contribution in [3.05, 3.63) is 0 Å². The first-order chi connectivity index (χ1) is 23.5. The summed E-state index contributed by atoms with van der Waals surface area (Å²) in [6.45, 7) is 26.3. The third kappa shape index (κ3) is 16.7. The van der Waals surface area contributed by atoms with E-state index in [2.05, 4.69) is 55.4 Å². The van der Waals surface area contributed by atoms with E-state index < -0.39 is 11.8 Å². The van der Waals surface area contributed by atoms with Crippen molar-refractivity contribution < 1.29 is 28.4 Å². The summed E-state index contributed by atoms with van der Waals surface area (Å²) in [7, 11) is 1.29. The Morgan fingerprint density at radius 2 is 1.04 bits per heavy atom. The molecule has 11 atom stereocenters. The summed E-state index contributed by atoms with van der Waals surface area (Å²) in [6, 6.07) is 0. The fourth-order valence-electron chi connectivity index (χ4n) is 8.68. The van der Waals surface area contributed by atoms with Crippen LogP contribution in [0.25, 0.3) is 0 Å². The maximum absolute atomic E-state index is 7.10. The van der Waals surface area contributed by atoms with Crippen LogP contribution in [-0.4, -0.2) is 67.2 Å². The van der Waals surface area contributed by atoms with Crippen LogP contribution in [0, 0.1) is 35.5 Å². The van der Waals surface area contributed by atoms with Gasteiger partial charge in [0.2, 0.25) is 0 Å². The van der Waals surface area contributed by atoms with Crippen molar-refractivity contribution in [2.45, 2.75) is 201 Å². The molecule has 2 aliphatic rings. The number of rotatable bonds is 33. The Kier molecular flexibility index (Phi) is 22.4. The lowest BCUT2D eigenvalue weighted by atomic mass is 9.64. The molecule has 49 heavy (non-hydrogen) atoms. The highest BCUT2D eigenvalue weighted by atomic mass is 28.1. The Morgan fingerprint density at radius 3 is 1.51 bits per heavy atom. The Balaban J connectivity index is 2.52. The van der Waals surface area contributed by atoms with Crippen LogP contribution in [0.3, 0.4) is 0 Å². The van der Waals surface area contributed by atoms with E-state index in [9.17, 15) is 0 Å². The zero-order chi connectivity index (χ0) is 36.3. The molecule has 0 amide bonds. The van der Waals surface area contributed by atoms with Gasteiger partial charge in [0.25, 0.3) is 5.97 Å². The van der Waals surface area contributed by atoms with Crippen molar-refractivity contribution in [2.75, 3.05) is 33.0 Å². The van der Waals surface area contributed by atoms with Gasteiger partial charge in [-0.15, -0.1) is 0 Å². The van der Waals surface area contributed by atoms with Crippen molar-refractivity contribution >= 4 is 10.2 Å². The summed E-state index contributed by atoms with van der Waals surface area (Å²) >= 11 is 0. The van der Waals surface area contributed by atoms with Gasteiger partial charge >= 0.3 is 0 Å². The second-order valence-corrected chi connectivity index (χ2v) is 17.9. The van der Waals surface area contributed by atoms with E-state index in [1.807, 2.05) is 13.8 Å². The van der Waals surface area contributed by atoms with Gasteiger partial charge in [-0.1, -0.05) is 137 Å². The molecule has 292 valence electrons. The van der Waals surface area contributed by atoms with Gasteiger partial charge in [0.1, 0.15) is 12.2 Å². The molecule has 0 aliphatic carbocycles. The lowest BCUT2D eigenvalue weighted by Crippen LogP contribution is -2.54. The van der Waals surface area contributed by atoms with Gasteiger partial charge in [0, 0.05) is 29.7 Å². The Morgan fingerprint density at radius 1 is 0.592 bits per heavy atom. The van der Waals surface area contributed by atoms with Crippen molar-refractivity contribution in [1.29, 1.82) is 0 Å². The summed E-state index contributed by atoms with van der Waals surface area (Å²) in [4.78, 5) is 0. The molecular weight excluding hydrogens is 629 g/mol. The number of unbranched alkanes of at least 4 members (excludes halogenated alkanes) is 8. The summed E-state index contributed by atoms with van der Waals surface area (Å²) in [5, 5.41) is 0. The van der Waals surface area contributed by atoms with Gasteiger partial charge in [-0.05, 0) is 62.7 Å². The Labute approximate surface area is 308 Å². The van der Waals surface area contributed by atoms with E-state index in [4.69, 9.17) is 28.4 Å². The highest BCUT2D eigenvalue weighted by molar-refractivity contribution is 6.11. The average Bonchev–Trinajstić information content (AvgIpc) is 4.00. The molecule has 0 aromatic rings. The molecule has 2 rings (SSSR count). The van der Waals surface area contributed by atoms with Gasteiger partial charge in [-0.25, -0.2) is 0 Å². The van der Waals surface area contributed by atoms with Crippen LogP contribution in [-0.2, 0) is 28.4 Å². The van der Waals surface area contributed by atoms with E-state index >= 15 is 0 Å². The van der Waals surface area contributed by atoms with Crippen molar-refractivity contribution in [1.82, 2.24) is 0 Å². The maximum Gasteiger partial charge on any atom is 0.282 e. The normalized spacial score (nSPS) is 24.4. The molecule has 0 aromatic heterocycles. The smallest absolute Gasteiger partial charge is 0.282 e. The number of hydrogen-bond acceptors (Lipinski definition) is 6. The summed E-state index contributed by atoms with van der Waals surface area (Å²) in [5.41, 5.74) is 0.891. The molecule has 0 saturated carbocycles. The first-order valence-electron chi connectivity index (χ1n) is 21.3. The quantitative estimate of drug-likeness (QED) is 0.0292. The van der Waals surface area contributed by atoms with Gasteiger partial charge in [0.15, 0.2) is 5.79 Å². The van der Waals surface area contributed by atoms with Crippen molar-refractivity contribution in [2.24, 2.45) is 35.5 Å². The molecule has 6 nitrogen and oxygen atoms in total. The lowest BCUT2D eigenvalue weighted by Gasteiger charge is -2.49. The molecule has 0 spiro atoms. The Hall–Kier alpha value is -0.0231. The number of epoxide rings is 2. The van der Waals surface area contributed by atoms with E-state index in [0.29, 0.717) is 37.6 Å². The van der Waals surface area contributed by atoms with Crippen LogP contribution in [0.5, 0.6) is 0 Å². The number of hydrogen-bond donors (Lipinski definition) is 0. The van der Waals surface area contributed by atoms with Crippen LogP contribution in [0.1, 0.15) is 172 Å². The fourth-order valence-corrected chi connectivity index (χ4v) is 9.58. The first kappa shape index (κ1) is 45.1. The van der Waals surface area contributed by atoms with E-state index in [1.54, 1.807) is 0 Å². The zero-order valence-electron chi connectivity index (χ0n) is 34.5. The topological polar surface area (TPSA) is 62.0 Å². The summed E-state index contributed by atoms with van der Waals surface area (Å²) in [6.07, 6.45) is 20.9. The predicted molar refractivity (Wildman–Crippen MR) is 209 cm³/mol. The highest BCUT2D eigenvalue weighted by Crippen LogP contribution is 2.48. The molecule has 2 fully saturated rings. The fraction of sp³-hybridized carbons (Fsp3) is 1.00. The second kappa shape index (κ2) is 24.3. The second-order valence-electron chi connectivity index (χ2n) is 16.4. The summed E-state index contributed by atoms with van der Waals surface area (Å²) in [5.74, 6) is 1.27. The molecule has 2 aliphatic heterocycles. The largest absolute Gasteiger partial charge is 0.371 e. The molecule has 2 saturated heterocycles. The molecular formula is C42H84O6Si. The first-order valence-corrected chi connectivity index (χ1v) is 22.5. The standard InChI is InChI=1S/C42H84O6Si/c1-11-16-20-24-37(32(6)38(25-21-17-12-2)34(8)40(49)27-23-19-14-4)33(7)39(26-22-18-13-3)41(9,46-30-35-28-43-35)48-42(10,45-15-5)47-31-36-29-44-36/h32-40H,11-31H2,1-10,49H3. The van der Waals surface area contributed by atoms with Gasteiger partial charge < -0.3 is 23.7 Å². The zero-order valence-corrected chi connectivity index (χ0v) is 36.5. The minimum atomic E-state index is -1.22. The van der Waals surface area contributed by atoms with Crippen molar-refractivity contribution in [3.63, 3.8) is 0 Å². The molecule has 11 unspecified atom stereocenters. The predicted octanol–water partition coefficient (Wildman–Crippen LogP) is 10.5. The van der Waals surface area contributed by atoms with Gasteiger partial charge in [-0.3, -0.25) is 4.74 Å². The van der Waals surface area contributed by atoms with Crippen LogP contribution in [0.2, 0.25) is 5.54 Å². The van der Waals surface area contributed by atoms with E-state index in [1.165, 1.54) is 107 Å². The van der Waals surface area contributed by atoms with E-state index in [-0.39, 0.29) is 18.1 Å². The highest BCUT2D eigenvalue weighted by Gasteiger charge is 2.50. The molecule has 0 radical (unpaired) electrons. The Bertz CT molecular complexity index is 823. The molecule has 2 heterocycles. The SMILES string of the molecule is CCCCCC([SiH3])C(C)C(CCCCC)C(C)C(CCCCC)C(C)C(CCCCC)C(C)(OCC1CO1)OC(C)(OCC)OCC1CO1. The minimum absolute atomic E-state index is 0.123. The van der Waals surface area contributed by atoms with Crippen LogP contribution in [0.15, 0.2) is 0 Å². The molecule has 0 aromatic carbocycles. The van der Waals surface area contributed by atoms with Gasteiger partial charge in [-0.2, -0.15) is 0 Å².